The van der Waals surface area contributed by atoms with Gasteiger partial charge in [0, 0.05) is 25.6 Å². The van der Waals surface area contributed by atoms with Crippen molar-refractivity contribution in [2.24, 2.45) is 10.9 Å². The molecular formula is C22H35IN6. The van der Waals surface area contributed by atoms with Crippen molar-refractivity contribution in [3.63, 3.8) is 0 Å². The molecule has 1 saturated carbocycles. The molecule has 0 bridgehead atoms. The zero-order chi connectivity index (χ0) is 19.8. The Kier molecular flexibility index (Phi) is 9.90. The van der Waals surface area contributed by atoms with Crippen LogP contribution in [0.25, 0.3) is 0 Å². The van der Waals surface area contributed by atoms with E-state index in [1.165, 1.54) is 36.8 Å². The number of hydrogen-bond acceptors (Lipinski definition) is 3. The summed E-state index contributed by atoms with van der Waals surface area (Å²) in [5.41, 5.74) is 2.51. The standard InChI is InChI=1S/C22H34N6.HI/c1-4-21-27-25-16-28(21)14-13-23-22(26-20-8-6-5-7-18(20)3)24-15-19-11-9-17(2)10-12-19;/h9-12,16,18,20H,4-8,13-15H2,1-3H3,(H2,23,24,26);1H. The summed E-state index contributed by atoms with van der Waals surface area (Å²) in [6, 6.07) is 9.10. The number of aryl methyl sites for hydroxylation is 2. The highest BCUT2D eigenvalue weighted by atomic mass is 127. The normalized spacial score (nSPS) is 19.5. The summed E-state index contributed by atoms with van der Waals surface area (Å²) in [5, 5.41) is 15.4. The van der Waals surface area contributed by atoms with Gasteiger partial charge in [-0.15, -0.1) is 34.2 Å². The first-order valence-corrected chi connectivity index (χ1v) is 10.6. The van der Waals surface area contributed by atoms with Crippen molar-refractivity contribution < 1.29 is 0 Å². The molecule has 2 aromatic rings. The Hall–Kier alpha value is -1.64. The summed E-state index contributed by atoms with van der Waals surface area (Å²) < 4.78 is 2.10. The molecule has 1 aliphatic carbocycles. The molecule has 0 spiro atoms. The fourth-order valence-electron chi connectivity index (χ4n) is 3.76. The lowest BCUT2D eigenvalue weighted by atomic mass is 9.86. The van der Waals surface area contributed by atoms with Gasteiger partial charge in [-0.2, -0.15) is 0 Å². The molecule has 0 aliphatic heterocycles. The van der Waals surface area contributed by atoms with Gasteiger partial charge in [-0.1, -0.05) is 56.5 Å². The highest BCUT2D eigenvalue weighted by Gasteiger charge is 2.22. The van der Waals surface area contributed by atoms with E-state index in [-0.39, 0.29) is 24.0 Å². The third-order valence-electron chi connectivity index (χ3n) is 5.63. The number of nitrogens with zero attached hydrogens (tertiary/aromatic N) is 4. The third-order valence-corrected chi connectivity index (χ3v) is 5.63. The summed E-state index contributed by atoms with van der Waals surface area (Å²) in [5.74, 6) is 2.61. The van der Waals surface area contributed by atoms with E-state index in [4.69, 9.17) is 4.99 Å². The van der Waals surface area contributed by atoms with E-state index in [0.29, 0.717) is 18.5 Å². The first-order chi connectivity index (χ1) is 13.7. The van der Waals surface area contributed by atoms with Crippen molar-refractivity contribution in [2.75, 3.05) is 6.54 Å². The van der Waals surface area contributed by atoms with Gasteiger partial charge in [0.15, 0.2) is 5.96 Å². The quantitative estimate of drug-likeness (QED) is 0.335. The van der Waals surface area contributed by atoms with Crippen molar-refractivity contribution in [3.8, 4) is 0 Å². The van der Waals surface area contributed by atoms with Crippen LogP contribution in [0.3, 0.4) is 0 Å². The largest absolute Gasteiger partial charge is 0.355 e. The van der Waals surface area contributed by atoms with E-state index in [9.17, 15) is 0 Å². The molecule has 3 rings (SSSR count). The second kappa shape index (κ2) is 12.1. The van der Waals surface area contributed by atoms with Gasteiger partial charge in [-0.25, -0.2) is 4.99 Å². The summed E-state index contributed by atoms with van der Waals surface area (Å²) in [4.78, 5) is 4.87. The van der Waals surface area contributed by atoms with E-state index in [1.54, 1.807) is 6.33 Å². The van der Waals surface area contributed by atoms with Crippen LogP contribution in [0.2, 0.25) is 0 Å². The maximum absolute atomic E-state index is 4.87. The molecule has 1 aromatic carbocycles. The first-order valence-electron chi connectivity index (χ1n) is 10.6. The molecule has 29 heavy (non-hydrogen) atoms. The van der Waals surface area contributed by atoms with E-state index >= 15 is 0 Å². The predicted molar refractivity (Wildman–Crippen MR) is 130 cm³/mol. The monoisotopic (exact) mass is 510 g/mol. The molecule has 1 aliphatic rings. The molecule has 2 N–H and O–H groups in total. The minimum Gasteiger partial charge on any atom is -0.355 e. The van der Waals surface area contributed by atoms with Crippen molar-refractivity contribution >= 4 is 29.9 Å². The van der Waals surface area contributed by atoms with Crippen LogP contribution >= 0.6 is 24.0 Å². The van der Waals surface area contributed by atoms with E-state index in [0.717, 1.165) is 31.3 Å². The molecule has 2 unspecified atom stereocenters. The third kappa shape index (κ3) is 7.28. The fourth-order valence-corrected chi connectivity index (χ4v) is 3.76. The van der Waals surface area contributed by atoms with Crippen LogP contribution in [-0.2, 0) is 19.5 Å². The van der Waals surface area contributed by atoms with Crippen LogP contribution in [0, 0.1) is 12.8 Å². The molecular weight excluding hydrogens is 475 g/mol. The number of hydrogen-bond donors (Lipinski definition) is 2. The molecule has 0 radical (unpaired) electrons. The number of benzene rings is 1. The molecule has 7 heteroatoms. The molecule has 6 nitrogen and oxygen atoms in total. The minimum absolute atomic E-state index is 0. The van der Waals surface area contributed by atoms with Crippen molar-refractivity contribution in [2.45, 2.75) is 72.0 Å². The SMILES string of the molecule is CCc1nncn1CCNC(=NCc1ccc(C)cc1)NC1CCCCC1C.I. The van der Waals surface area contributed by atoms with Gasteiger partial charge in [0.05, 0.1) is 6.54 Å². The fraction of sp³-hybridized carbons (Fsp3) is 0.591. The predicted octanol–water partition coefficient (Wildman–Crippen LogP) is 4.08. The van der Waals surface area contributed by atoms with E-state index in [2.05, 4.69) is 70.4 Å². The minimum atomic E-state index is 0. The lowest BCUT2D eigenvalue weighted by Crippen LogP contribution is -2.47. The topological polar surface area (TPSA) is 67.1 Å². The molecule has 0 amide bonds. The summed E-state index contributed by atoms with van der Waals surface area (Å²) in [6.45, 7) is 8.88. The first kappa shape index (κ1) is 23.6. The van der Waals surface area contributed by atoms with Crippen LogP contribution < -0.4 is 10.6 Å². The molecule has 1 heterocycles. The molecule has 0 saturated heterocycles. The molecule has 1 fully saturated rings. The van der Waals surface area contributed by atoms with Crippen LogP contribution in [0.5, 0.6) is 0 Å². The smallest absolute Gasteiger partial charge is 0.191 e. The van der Waals surface area contributed by atoms with Crippen LogP contribution in [0.4, 0.5) is 0 Å². The van der Waals surface area contributed by atoms with Gasteiger partial charge in [0.1, 0.15) is 12.2 Å². The number of aliphatic imine (C=N–C) groups is 1. The second-order valence-electron chi connectivity index (χ2n) is 7.88. The Morgan fingerprint density at radius 3 is 2.69 bits per heavy atom. The molecule has 1 aromatic heterocycles. The Morgan fingerprint density at radius 2 is 1.97 bits per heavy atom. The Bertz CT molecular complexity index is 755. The second-order valence-corrected chi connectivity index (χ2v) is 7.88. The Morgan fingerprint density at radius 1 is 1.21 bits per heavy atom. The highest BCUT2D eigenvalue weighted by Crippen LogP contribution is 2.23. The Balaban J connectivity index is 0.00000300. The number of nitrogens with one attached hydrogen (secondary N) is 2. The van der Waals surface area contributed by atoms with Crippen LogP contribution in [0.1, 0.15) is 56.5 Å². The summed E-state index contributed by atoms with van der Waals surface area (Å²) in [6.07, 6.45) is 7.86. The van der Waals surface area contributed by atoms with Crippen molar-refractivity contribution in [1.82, 2.24) is 25.4 Å². The number of halogens is 1. The Labute approximate surface area is 192 Å². The zero-order valence-corrected chi connectivity index (χ0v) is 20.2. The lowest BCUT2D eigenvalue weighted by Gasteiger charge is -2.31. The molecule has 160 valence electrons. The molecule has 2 atom stereocenters. The van der Waals surface area contributed by atoms with Crippen molar-refractivity contribution in [1.29, 1.82) is 0 Å². The maximum Gasteiger partial charge on any atom is 0.191 e. The van der Waals surface area contributed by atoms with Gasteiger partial charge in [0.25, 0.3) is 0 Å². The van der Waals surface area contributed by atoms with Gasteiger partial charge in [-0.05, 0) is 31.2 Å². The van der Waals surface area contributed by atoms with E-state index < -0.39 is 0 Å². The number of rotatable bonds is 7. The average molecular weight is 510 g/mol. The zero-order valence-electron chi connectivity index (χ0n) is 17.9. The summed E-state index contributed by atoms with van der Waals surface area (Å²) in [7, 11) is 0. The van der Waals surface area contributed by atoms with Gasteiger partial charge in [0.2, 0.25) is 0 Å². The number of aromatic nitrogens is 3. The van der Waals surface area contributed by atoms with Crippen LogP contribution in [0.15, 0.2) is 35.6 Å². The highest BCUT2D eigenvalue weighted by molar-refractivity contribution is 14.0. The van der Waals surface area contributed by atoms with Gasteiger partial charge < -0.3 is 15.2 Å². The average Bonchev–Trinajstić information content (AvgIpc) is 3.16. The lowest BCUT2D eigenvalue weighted by molar-refractivity contribution is 0.306. The van der Waals surface area contributed by atoms with E-state index in [1.807, 2.05) is 0 Å². The van der Waals surface area contributed by atoms with Crippen molar-refractivity contribution in [3.05, 3.63) is 47.5 Å². The van der Waals surface area contributed by atoms with Gasteiger partial charge >= 0.3 is 0 Å². The van der Waals surface area contributed by atoms with Crippen LogP contribution in [-0.4, -0.2) is 33.3 Å². The summed E-state index contributed by atoms with van der Waals surface area (Å²) >= 11 is 0. The number of guanidine groups is 1. The maximum atomic E-state index is 4.87. The van der Waals surface area contributed by atoms with Gasteiger partial charge in [-0.3, -0.25) is 0 Å².